The van der Waals surface area contributed by atoms with Gasteiger partial charge in [-0.05, 0) is 52.5 Å². The lowest BCUT2D eigenvalue weighted by molar-refractivity contribution is -0.126. The van der Waals surface area contributed by atoms with Crippen molar-refractivity contribution < 1.29 is 4.79 Å². The Balaban J connectivity index is 1.75. The van der Waals surface area contributed by atoms with Crippen LogP contribution in [0.25, 0.3) is 0 Å². The highest BCUT2D eigenvalue weighted by Crippen LogP contribution is 2.17. The van der Waals surface area contributed by atoms with Gasteiger partial charge in [-0.15, -0.1) is 0 Å². The molecule has 0 bridgehead atoms. The highest BCUT2D eigenvalue weighted by molar-refractivity contribution is 5.86. The van der Waals surface area contributed by atoms with Gasteiger partial charge in [-0.3, -0.25) is 4.79 Å². The maximum atomic E-state index is 12.4. The third-order valence-corrected chi connectivity index (χ3v) is 4.85. The molecule has 1 heterocycles. The number of nitrogens with one attached hydrogen (secondary N) is 1. The molecule has 1 fully saturated rings. The molecule has 1 unspecified atom stereocenters. The van der Waals surface area contributed by atoms with Gasteiger partial charge in [0.15, 0.2) is 0 Å². The number of nitrogens with two attached hydrogens (primary N) is 1. The molecule has 0 radical (unpaired) electrons. The minimum Gasteiger partial charge on any atom is -0.353 e. The molecule has 1 aliphatic heterocycles. The number of hydrogen-bond acceptors (Lipinski definition) is 4. The molecule has 0 spiro atoms. The fourth-order valence-electron chi connectivity index (χ4n) is 3.09. The summed E-state index contributed by atoms with van der Waals surface area (Å²) in [5.41, 5.74) is 6.07. The van der Waals surface area contributed by atoms with Gasteiger partial charge in [0.25, 0.3) is 0 Å². The van der Waals surface area contributed by atoms with E-state index in [1.54, 1.807) is 6.92 Å². The van der Waals surface area contributed by atoms with Gasteiger partial charge < -0.3 is 20.9 Å². The largest absolute Gasteiger partial charge is 0.353 e. The number of piperidine rings is 1. The van der Waals surface area contributed by atoms with Crippen LogP contribution in [0.15, 0.2) is 30.3 Å². The minimum absolute atomic E-state index is 0.119. The van der Waals surface area contributed by atoms with Gasteiger partial charge in [0.2, 0.25) is 5.91 Å². The molecule has 1 aromatic carbocycles. The first-order valence-corrected chi connectivity index (χ1v) is 8.42. The molecule has 5 heteroatoms. The summed E-state index contributed by atoms with van der Waals surface area (Å²) in [6.45, 7) is 5.48. The number of carbonyl (C=O) groups excluding carboxylic acids is 1. The van der Waals surface area contributed by atoms with Crippen LogP contribution in [0.3, 0.4) is 0 Å². The normalized spacial score (nSPS) is 19.5. The van der Waals surface area contributed by atoms with Crippen molar-refractivity contribution in [3.8, 4) is 0 Å². The summed E-state index contributed by atoms with van der Waals surface area (Å²) in [5.74, 6) is -0.119. The van der Waals surface area contributed by atoms with Crippen LogP contribution in [0, 0.1) is 0 Å². The van der Waals surface area contributed by atoms with Crippen LogP contribution in [0.1, 0.15) is 25.3 Å². The maximum Gasteiger partial charge on any atom is 0.244 e. The third-order valence-electron chi connectivity index (χ3n) is 4.85. The minimum atomic E-state index is -0.987. The second kappa shape index (κ2) is 7.90. The topological polar surface area (TPSA) is 61.6 Å². The lowest BCUT2D eigenvalue weighted by Crippen LogP contribution is -2.51. The maximum absolute atomic E-state index is 12.4. The number of nitrogens with zero attached hydrogens (tertiary/aromatic N) is 2. The monoisotopic (exact) mass is 318 g/mol. The molecular formula is C18H30N4O. The number of rotatable bonds is 6. The average Bonchev–Trinajstić information content (AvgIpc) is 2.56. The summed E-state index contributed by atoms with van der Waals surface area (Å²) in [5, 5.41) is 2.99. The van der Waals surface area contributed by atoms with E-state index in [1.165, 1.54) is 12.8 Å². The Morgan fingerprint density at radius 2 is 1.91 bits per heavy atom. The summed E-state index contributed by atoms with van der Waals surface area (Å²) in [6.07, 6.45) is 2.39. The summed E-state index contributed by atoms with van der Waals surface area (Å²) in [7, 11) is 4.29. The number of hydrogen-bond donors (Lipinski definition) is 2. The van der Waals surface area contributed by atoms with Crippen LogP contribution >= 0.6 is 0 Å². The van der Waals surface area contributed by atoms with Gasteiger partial charge in [-0.25, -0.2) is 0 Å². The fraction of sp³-hybridized carbons (Fsp3) is 0.611. The van der Waals surface area contributed by atoms with Gasteiger partial charge in [0, 0.05) is 19.1 Å². The highest BCUT2D eigenvalue weighted by atomic mass is 16.2. The lowest BCUT2D eigenvalue weighted by Gasteiger charge is -2.35. The highest BCUT2D eigenvalue weighted by Gasteiger charge is 2.30. The van der Waals surface area contributed by atoms with Crippen molar-refractivity contribution in [1.29, 1.82) is 0 Å². The summed E-state index contributed by atoms with van der Waals surface area (Å²) in [4.78, 5) is 17.1. The van der Waals surface area contributed by atoms with E-state index in [1.807, 2.05) is 30.3 Å². The first-order valence-electron chi connectivity index (χ1n) is 8.42. The van der Waals surface area contributed by atoms with Crippen LogP contribution in [0.2, 0.25) is 0 Å². The molecule has 1 atom stereocenters. The Bertz CT molecular complexity index is 493. The van der Waals surface area contributed by atoms with E-state index in [9.17, 15) is 4.79 Å². The number of amides is 1. The van der Waals surface area contributed by atoms with Gasteiger partial charge >= 0.3 is 0 Å². The molecule has 1 amide bonds. The number of benzene rings is 1. The molecule has 0 saturated carbocycles. The third kappa shape index (κ3) is 4.77. The molecule has 3 N–H and O–H groups in total. The van der Waals surface area contributed by atoms with E-state index in [4.69, 9.17) is 5.73 Å². The Kier molecular flexibility index (Phi) is 6.16. The van der Waals surface area contributed by atoms with Crippen molar-refractivity contribution in [3.63, 3.8) is 0 Å². The van der Waals surface area contributed by atoms with Gasteiger partial charge in [0.1, 0.15) is 5.54 Å². The SMILES string of the molecule is CN(C)C1CCN(CCNC(=O)C(C)(N)c2ccccc2)CC1. The van der Waals surface area contributed by atoms with E-state index in [0.29, 0.717) is 12.6 Å². The van der Waals surface area contributed by atoms with Gasteiger partial charge in [-0.2, -0.15) is 0 Å². The number of likely N-dealkylation sites (tertiary alicyclic amines) is 1. The van der Waals surface area contributed by atoms with Crippen molar-refractivity contribution >= 4 is 5.91 Å². The standard InChI is InChI=1S/C18H30N4O/c1-18(19,15-7-5-4-6-8-15)17(23)20-11-14-22-12-9-16(10-13-22)21(2)3/h4-8,16H,9-14,19H2,1-3H3,(H,20,23). The van der Waals surface area contributed by atoms with Crippen LogP contribution < -0.4 is 11.1 Å². The van der Waals surface area contributed by atoms with E-state index >= 15 is 0 Å². The molecule has 1 aliphatic rings. The number of carbonyl (C=O) groups is 1. The zero-order valence-electron chi connectivity index (χ0n) is 14.6. The predicted octanol–water partition coefficient (Wildman–Crippen LogP) is 1.00. The fourth-order valence-corrected chi connectivity index (χ4v) is 3.09. The molecule has 5 nitrogen and oxygen atoms in total. The summed E-state index contributed by atoms with van der Waals surface area (Å²) < 4.78 is 0. The van der Waals surface area contributed by atoms with Crippen molar-refractivity contribution in [2.75, 3.05) is 40.3 Å². The van der Waals surface area contributed by atoms with Crippen molar-refractivity contribution in [3.05, 3.63) is 35.9 Å². The Morgan fingerprint density at radius 1 is 1.30 bits per heavy atom. The molecular weight excluding hydrogens is 288 g/mol. The molecule has 0 aliphatic carbocycles. The van der Waals surface area contributed by atoms with E-state index in [2.05, 4.69) is 29.2 Å². The van der Waals surface area contributed by atoms with Crippen LogP contribution in [0.4, 0.5) is 0 Å². The summed E-state index contributed by atoms with van der Waals surface area (Å²) >= 11 is 0. The zero-order chi connectivity index (χ0) is 16.9. The van der Waals surface area contributed by atoms with E-state index in [0.717, 1.165) is 25.2 Å². The van der Waals surface area contributed by atoms with Crippen molar-refractivity contribution in [1.82, 2.24) is 15.1 Å². The Hall–Kier alpha value is -1.43. The molecule has 23 heavy (non-hydrogen) atoms. The molecule has 128 valence electrons. The smallest absolute Gasteiger partial charge is 0.244 e. The average molecular weight is 318 g/mol. The first kappa shape index (κ1) is 17.9. The molecule has 0 aromatic heterocycles. The Morgan fingerprint density at radius 3 is 2.48 bits per heavy atom. The van der Waals surface area contributed by atoms with Crippen LogP contribution in [-0.4, -0.2) is 62.0 Å². The van der Waals surface area contributed by atoms with Crippen LogP contribution in [0.5, 0.6) is 0 Å². The molecule has 2 rings (SSSR count). The van der Waals surface area contributed by atoms with E-state index in [-0.39, 0.29) is 5.91 Å². The first-order chi connectivity index (χ1) is 10.9. The zero-order valence-corrected chi connectivity index (χ0v) is 14.6. The van der Waals surface area contributed by atoms with Crippen molar-refractivity contribution in [2.45, 2.75) is 31.3 Å². The van der Waals surface area contributed by atoms with Crippen LogP contribution in [-0.2, 0) is 10.3 Å². The second-order valence-corrected chi connectivity index (χ2v) is 6.86. The molecule has 1 aromatic rings. The lowest BCUT2D eigenvalue weighted by atomic mass is 9.92. The van der Waals surface area contributed by atoms with E-state index < -0.39 is 5.54 Å². The molecule has 1 saturated heterocycles. The summed E-state index contributed by atoms with van der Waals surface area (Å²) in [6, 6.07) is 10.2. The van der Waals surface area contributed by atoms with Gasteiger partial charge in [-0.1, -0.05) is 30.3 Å². The van der Waals surface area contributed by atoms with Crippen molar-refractivity contribution in [2.24, 2.45) is 5.73 Å². The second-order valence-electron chi connectivity index (χ2n) is 6.86. The Labute approximate surface area is 139 Å². The quantitative estimate of drug-likeness (QED) is 0.821. The van der Waals surface area contributed by atoms with Gasteiger partial charge in [0.05, 0.1) is 0 Å². The predicted molar refractivity (Wildman–Crippen MR) is 94.1 cm³/mol.